The van der Waals surface area contributed by atoms with Crippen molar-refractivity contribution in [3.05, 3.63) is 59.9 Å². The Labute approximate surface area is 127 Å². The molecular formula is C16H16N2O4. The maximum atomic E-state index is 11.7. The summed E-state index contributed by atoms with van der Waals surface area (Å²) in [7, 11) is 0. The average molecular weight is 300 g/mol. The Morgan fingerprint density at radius 3 is 2.55 bits per heavy atom. The van der Waals surface area contributed by atoms with E-state index >= 15 is 0 Å². The molecule has 0 bridgehead atoms. The lowest BCUT2D eigenvalue weighted by Crippen LogP contribution is -2.26. The molecule has 0 fully saturated rings. The molecule has 2 rings (SSSR count). The van der Waals surface area contributed by atoms with Crippen LogP contribution in [0.3, 0.4) is 0 Å². The van der Waals surface area contributed by atoms with Gasteiger partial charge in [-0.05, 0) is 17.7 Å². The molecule has 0 radical (unpaired) electrons. The second-order valence-corrected chi connectivity index (χ2v) is 4.55. The van der Waals surface area contributed by atoms with Crippen LogP contribution < -0.4 is 10.1 Å². The highest BCUT2D eigenvalue weighted by Crippen LogP contribution is 2.11. The lowest BCUT2D eigenvalue weighted by molar-refractivity contribution is -0.136. The number of amides is 1. The summed E-state index contributed by atoms with van der Waals surface area (Å²) >= 11 is 0. The Morgan fingerprint density at radius 2 is 1.91 bits per heavy atom. The fourth-order valence-electron chi connectivity index (χ4n) is 1.71. The summed E-state index contributed by atoms with van der Waals surface area (Å²) in [6.07, 6.45) is 1.35. The Kier molecular flexibility index (Phi) is 5.48. The molecule has 2 aromatic rings. The number of rotatable bonds is 7. The van der Waals surface area contributed by atoms with E-state index in [4.69, 9.17) is 9.84 Å². The van der Waals surface area contributed by atoms with Crippen LogP contribution in [0.15, 0.2) is 48.7 Å². The smallest absolute Gasteiger partial charge is 0.305 e. The number of hydrogen-bond donors (Lipinski definition) is 2. The lowest BCUT2D eigenvalue weighted by Gasteiger charge is -2.07. The van der Waals surface area contributed by atoms with Gasteiger partial charge in [0.15, 0.2) is 0 Å². The second-order valence-electron chi connectivity index (χ2n) is 4.55. The highest BCUT2D eigenvalue weighted by molar-refractivity contribution is 5.92. The fraction of sp³-hybridized carbons (Fsp3) is 0.188. The van der Waals surface area contributed by atoms with Gasteiger partial charge in [0.2, 0.25) is 0 Å². The van der Waals surface area contributed by atoms with Gasteiger partial charge in [0.1, 0.15) is 18.1 Å². The predicted octanol–water partition coefficient (Wildman–Crippen LogP) is 1.87. The standard InChI is InChI=1S/C16H16N2O4/c19-15(20)8-9-17-16(21)14-7-6-13(10-18-14)22-11-12-4-2-1-3-5-12/h1-7,10H,8-9,11H2,(H,17,21)(H,19,20). The van der Waals surface area contributed by atoms with Gasteiger partial charge in [-0.25, -0.2) is 4.98 Å². The van der Waals surface area contributed by atoms with E-state index in [-0.39, 0.29) is 18.7 Å². The van der Waals surface area contributed by atoms with E-state index in [9.17, 15) is 9.59 Å². The van der Waals surface area contributed by atoms with E-state index in [1.54, 1.807) is 6.07 Å². The summed E-state index contributed by atoms with van der Waals surface area (Å²) in [4.78, 5) is 26.1. The minimum absolute atomic E-state index is 0.0715. The summed E-state index contributed by atoms with van der Waals surface area (Å²) < 4.78 is 5.57. The maximum Gasteiger partial charge on any atom is 0.305 e. The van der Waals surface area contributed by atoms with Gasteiger partial charge in [-0.15, -0.1) is 0 Å². The molecule has 2 N–H and O–H groups in total. The predicted molar refractivity (Wildman–Crippen MR) is 79.6 cm³/mol. The third-order valence-corrected chi connectivity index (χ3v) is 2.84. The topological polar surface area (TPSA) is 88.5 Å². The van der Waals surface area contributed by atoms with E-state index in [0.717, 1.165) is 5.56 Å². The SMILES string of the molecule is O=C(O)CCNC(=O)c1ccc(OCc2ccccc2)cn1. The number of pyridine rings is 1. The first-order valence-electron chi connectivity index (χ1n) is 6.78. The van der Waals surface area contributed by atoms with Gasteiger partial charge >= 0.3 is 5.97 Å². The Bertz CT molecular complexity index is 626. The normalized spacial score (nSPS) is 10.0. The highest BCUT2D eigenvalue weighted by atomic mass is 16.5. The molecule has 1 aromatic heterocycles. The molecule has 114 valence electrons. The molecule has 0 aliphatic rings. The minimum Gasteiger partial charge on any atom is -0.487 e. The van der Waals surface area contributed by atoms with Gasteiger partial charge < -0.3 is 15.2 Å². The molecule has 0 aliphatic heterocycles. The third-order valence-electron chi connectivity index (χ3n) is 2.84. The molecule has 22 heavy (non-hydrogen) atoms. The van der Waals surface area contributed by atoms with Gasteiger partial charge in [-0.3, -0.25) is 9.59 Å². The van der Waals surface area contributed by atoms with Crippen molar-refractivity contribution in [3.63, 3.8) is 0 Å². The van der Waals surface area contributed by atoms with Crippen molar-refractivity contribution in [2.45, 2.75) is 13.0 Å². The molecule has 1 amide bonds. The van der Waals surface area contributed by atoms with E-state index in [2.05, 4.69) is 10.3 Å². The number of aliphatic carboxylic acids is 1. The number of ether oxygens (including phenoxy) is 1. The number of benzene rings is 1. The minimum atomic E-state index is -0.960. The van der Waals surface area contributed by atoms with Gasteiger partial charge in [0.05, 0.1) is 12.6 Å². The van der Waals surface area contributed by atoms with Crippen LogP contribution in [0.4, 0.5) is 0 Å². The number of nitrogens with one attached hydrogen (secondary N) is 1. The van der Waals surface area contributed by atoms with Crippen LogP contribution in [0, 0.1) is 0 Å². The van der Waals surface area contributed by atoms with Crippen molar-refractivity contribution in [2.24, 2.45) is 0 Å². The summed E-state index contributed by atoms with van der Waals surface area (Å²) in [6, 6.07) is 12.9. The lowest BCUT2D eigenvalue weighted by atomic mass is 10.2. The number of aromatic nitrogens is 1. The molecule has 6 nitrogen and oxygen atoms in total. The molecule has 0 saturated carbocycles. The van der Waals surface area contributed by atoms with Crippen molar-refractivity contribution >= 4 is 11.9 Å². The molecule has 0 spiro atoms. The van der Waals surface area contributed by atoms with Crippen LogP contribution in [0.5, 0.6) is 5.75 Å². The van der Waals surface area contributed by atoms with Gasteiger partial charge in [-0.2, -0.15) is 0 Å². The third kappa shape index (κ3) is 4.90. The number of nitrogens with zero attached hydrogens (tertiary/aromatic N) is 1. The number of hydrogen-bond acceptors (Lipinski definition) is 4. The van der Waals surface area contributed by atoms with Crippen LogP contribution in [0.1, 0.15) is 22.5 Å². The molecular weight excluding hydrogens is 284 g/mol. The second kappa shape index (κ2) is 7.78. The number of carbonyl (C=O) groups excluding carboxylic acids is 1. The quantitative estimate of drug-likeness (QED) is 0.815. The van der Waals surface area contributed by atoms with E-state index in [1.807, 2.05) is 30.3 Å². The first-order valence-corrected chi connectivity index (χ1v) is 6.78. The van der Waals surface area contributed by atoms with Crippen LogP contribution >= 0.6 is 0 Å². The monoisotopic (exact) mass is 300 g/mol. The number of carboxylic acids is 1. The molecule has 0 saturated heterocycles. The summed E-state index contributed by atoms with van der Waals surface area (Å²) in [5.74, 6) is -0.806. The van der Waals surface area contributed by atoms with E-state index < -0.39 is 11.9 Å². The zero-order valence-corrected chi connectivity index (χ0v) is 11.9. The summed E-state index contributed by atoms with van der Waals surface area (Å²) in [6.45, 7) is 0.495. The van der Waals surface area contributed by atoms with Crippen LogP contribution in [-0.2, 0) is 11.4 Å². The number of carbonyl (C=O) groups is 2. The Morgan fingerprint density at radius 1 is 1.14 bits per heavy atom. The Balaban J connectivity index is 1.84. The van der Waals surface area contributed by atoms with Gasteiger partial charge in [0, 0.05) is 6.54 Å². The summed E-state index contributed by atoms with van der Waals surface area (Å²) in [5.41, 5.74) is 1.26. The molecule has 0 aliphatic carbocycles. The molecule has 1 aromatic carbocycles. The first-order chi connectivity index (χ1) is 10.6. The van der Waals surface area contributed by atoms with E-state index in [1.165, 1.54) is 12.3 Å². The summed E-state index contributed by atoms with van der Waals surface area (Å²) in [5, 5.41) is 11.0. The van der Waals surface area contributed by atoms with Crippen molar-refractivity contribution < 1.29 is 19.4 Å². The highest BCUT2D eigenvalue weighted by Gasteiger charge is 2.07. The van der Waals surface area contributed by atoms with Crippen molar-refractivity contribution in [1.82, 2.24) is 10.3 Å². The maximum absolute atomic E-state index is 11.7. The molecule has 0 unspecified atom stereocenters. The van der Waals surface area contributed by atoms with Crippen LogP contribution in [-0.4, -0.2) is 28.5 Å². The van der Waals surface area contributed by atoms with Gasteiger partial charge in [-0.1, -0.05) is 30.3 Å². The zero-order valence-electron chi connectivity index (χ0n) is 11.9. The molecule has 6 heteroatoms. The van der Waals surface area contributed by atoms with Crippen molar-refractivity contribution in [3.8, 4) is 5.75 Å². The van der Waals surface area contributed by atoms with Crippen molar-refractivity contribution in [1.29, 1.82) is 0 Å². The van der Waals surface area contributed by atoms with Crippen LogP contribution in [0.2, 0.25) is 0 Å². The molecule has 1 heterocycles. The Hall–Kier alpha value is -2.89. The van der Waals surface area contributed by atoms with Crippen molar-refractivity contribution in [2.75, 3.05) is 6.54 Å². The zero-order chi connectivity index (χ0) is 15.8. The first kappa shape index (κ1) is 15.5. The fourth-order valence-corrected chi connectivity index (χ4v) is 1.71. The van der Waals surface area contributed by atoms with Gasteiger partial charge in [0.25, 0.3) is 5.91 Å². The largest absolute Gasteiger partial charge is 0.487 e. The number of carboxylic acid groups (broad SMARTS) is 1. The molecule has 0 atom stereocenters. The average Bonchev–Trinajstić information content (AvgIpc) is 2.54. The van der Waals surface area contributed by atoms with E-state index in [0.29, 0.717) is 12.4 Å². The van der Waals surface area contributed by atoms with Crippen LogP contribution in [0.25, 0.3) is 0 Å².